The molecule has 0 radical (unpaired) electrons. The van der Waals surface area contributed by atoms with E-state index in [0.717, 1.165) is 23.1 Å². The van der Waals surface area contributed by atoms with Crippen molar-refractivity contribution < 1.29 is 9.59 Å². The lowest BCUT2D eigenvalue weighted by atomic mass is 9.98. The number of thioether (sulfide) groups is 1. The lowest BCUT2D eigenvalue weighted by molar-refractivity contribution is -0.111. The Balaban J connectivity index is 1.86. The van der Waals surface area contributed by atoms with Gasteiger partial charge in [-0.25, -0.2) is 0 Å². The first kappa shape index (κ1) is 12.4. The van der Waals surface area contributed by atoms with E-state index in [1.807, 2.05) is 6.07 Å². The summed E-state index contributed by atoms with van der Waals surface area (Å²) in [5, 5.41) is 0.535. The van der Waals surface area contributed by atoms with Crippen LogP contribution in [0.2, 0.25) is 0 Å². The predicted molar refractivity (Wildman–Crippen MR) is 73.9 cm³/mol. The number of aromatic amines is 1. The molecular formula is C13H9NO3S2. The Morgan fingerprint density at radius 3 is 2.68 bits per heavy atom. The van der Waals surface area contributed by atoms with Crippen molar-refractivity contribution in [1.82, 2.24) is 4.98 Å². The Kier molecular flexibility index (Phi) is 3.12. The largest absolute Gasteiger partial charge is 0.307 e. The standard InChI is InChI=1S/C13H9NO3S2/c15-9(7-4-2-1-3-5-7)6-8-10-11(19-12(8)16)14-13(17)18-10/h1-5,8H,6H2,(H,14,17)/t8-/m1/s1. The van der Waals surface area contributed by atoms with Gasteiger partial charge in [0.1, 0.15) is 0 Å². The zero-order chi connectivity index (χ0) is 13.4. The number of fused-ring (bicyclic) bond motifs is 1. The monoisotopic (exact) mass is 291 g/mol. The van der Waals surface area contributed by atoms with Crippen LogP contribution in [-0.4, -0.2) is 15.9 Å². The summed E-state index contributed by atoms with van der Waals surface area (Å²) >= 11 is 2.04. The molecule has 3 rings (SSSR count). The number of hydrogen-bond acceptors (Lipinski definition) is 5. The van der Waals surface area contributed by atoms with E-state index in [-0.39, 0.29) is 22.2 Å². The Labute approximate surface area is 116 Å². The van der Waals surface area contributed by atoms with Gasteiger partial charge in [-0.05, 0) is 11.8 Å². The van der Waals surface area contributed by atoms with Crippen molar-refractivity contribution in [3.05, 3.63) is 50.4 Å². The summed E-state index contributed by atoms with van der Waals surface area (Å²) in [7, 11) is 0. The maximum Gasteiger partial charge on any atom is 0.305 e. The van der Waals surface area contributed by atoms with Crippen molar-refractivity contribution in [2.24, 2.45) is 0 Å². The van der Waals surface area contributed by atoms with Crippen molar-refractivity contribution >= 4 is 34.0 Å². The first-order valence-corrected chi connectivity index (χ1v) is 7.31. The summed E-state index contributed by atoms with van der Waals surface area (Å²) in [6, 6.07) is 8.88. The average molecular weight is 291 g/mol. The first-order valence-electron chi connectivity index (χ1n) is 5.68. The quantitative estimate of drug-likeness (QED) is 0.882. The van der Waals surface area contributed by atoms with E-state index in [4.69, 9.17) is 0 Å². The molecule has 96 valence electrons. The van der Waals surface area contributed by atoms with Gasteiger partial charge in [-0.2, -0.15) is 0 Å². The molecule has 1 aliphatic rings. The highest BCUT2D eigenvalue weighted by molar-refractivity contribution is 8.14. The van der Waals surface area contributed by atoms with Gasteiger partial charge in [0.15, 0.2) is 5.78 Å². The van der Waals surface area contributed by atoms with Crippen LogP contribution in [0.3, 0.4) is 0 Å². The number of Topliss-reactive ketones (excluding diaryl/α,β-unsaturated/α-hetero) is 1. The highest BCUT2D eigenvalue weighted by atomic mass is 32.2. The average Bonchev–Trinajstić information content (AvgIpc) is 2.88. The molecule has 0 amide bonds. The second-order valence-electron chi connectivity index (χ2n) is 4.17. The minimum Gasteiger partial charge on any atom is -0.307 e. The number of carbonyl (C=O) groups excluding carboxylic acids is 2. The van der Waals surface area contributed by atoms with Gasteiger partial charge in [0.25, 0.3) is 0 Å². The summed E-state index contributed by atoms with van der Waals surface area (Å²) < 4.78 is 0. The number of ketones is 1. The van der Waals surface area contributed by atoms with Crippen LogP contribution in [0.4, 0.5) is 0 Å². The Morgan fingerprint density at radius 2 is 1.95 bits per heavy atom. The van der Waals surface area contributed by atoms with Crippen LogP contribution in [0.1, 0.15) is 27.6 Å². The summed E-state index contributed by atoms with van der Waals surface area (Å²) in [5.41, 5.74) is 0.594. The Morgan fingerprint density at radius 1 is 1.21 bits per heavy atom. The van der Waals surface area contributed by atoms with Crippen molar-refractivity contribution in [3.63, 3.8) is 0 Å². The topological polar surface area (TPSA) is 67.0 Å². The second kappa shape index (κ2) is 4.79. The molecule has 1 atom stereocenters. The fraction of sp³-hybridized carbons (Fsp3) is 0.154. The van der Waals surface area contributed by atoms with E-state index in [1.54, 1.807) is 24.3 Å². The molecule has 0 saturated heterocycles. The van der Waals surface area contributed by atoms with Gasteiger partial charge >= 0.3 is 4.87 Å². The molecule has 0 aliphatic carbocycles. The number of benzene rings is 1. The number of carbonyl (C=O) groups is 2. The van der Waals surface area contributed by atoms with Gasteiger partial charge in [-0.15, -0.1) is 0 Å². The van der Waals surface area contributed by atoms with Crippen molar-refractivity contribution in [3.8, 4) is 0 Å². The Hall–Kier alpha value is -1.66. The number of nitrogens with one attached hydrogen (secondary N) is 1. The third-order valence-corrected chi connectivity index (χ3v) is 5.07. The van der Waals surface area contributed by atoms with Crippen LogP contribution in [-0.2, 0) is 4.79 Å². The molecule has 0 spiro atoms. The number of thiazole rings is 1. The van der Waals surface area contributed by atoms with Gasteiger partial charge in [0.2, 0.25) is 5.12 Å². The van der Waals surface area contributed by atoms with Gasteiger partial charge in [-0.1, -0.05) is 41.7 Å². The van der Waals surface area contributed by atoms with Gasteiger partial charge in [0, 0.05) is 12.0 Å². The summed E-state index contributed by atoms with van der Waals surface area (Å²) in [6.45, 7) is 0. The van der Waals surface area contributed by atoms with E-state index in [9.17, 15) is 14.4 Å². The maximum atomic E-state index is 12.1. The molecule has 0 unspecified atom stereocenters. The predicted octanol–water partition coefficient (Wildman–Crippen LogP) is 2.43. The normalized spacial score (nSPS) is 17.5. The molecule has 1 aromatic heterocycles. The molecular weight excluding hydrogens is 282 g/mol. The molecule has 0 fully saturated rings. The van der Waals surface area contributed by atoms with E-state index in [1.165, 1.54) is 0 Å². The van der Waals surface area contributed by atoms with Crippen LogP contribution < -0.4 is 4.87 Å². The molecule has 19 heavy (non-hydrogen) atoms. The van der Waals surface area contributed by atoms with Crippen molar-refractivity contribution in [2.45, 2.75) is 17.4 Å². The number of H-pyrrole nitrogens is 1. The number of rotatable bonds is 3. The fourth-order valence-corrected chi connectivity index (χ4v) is 4.16. The molecule has 0 saturated carbocycles. The molecule has 4 nitrogen and oxygen atoms in total. The minimum absolute atomic E-state index is 0.0678. The van der Waals surface area contributed by atoms with Gasteiger partial charge in [-0.3, -0.25) is 14.4 Å². The zero-order valence-corrected chi connectivity index (χ0v) is 11.3. The van der Waals surface area contributed by atoms with Crippen LogP contribution >= 0.6 is 23.1 Å². The molecule has 1 aromatic carbocycles. The molecule has 1 aliphatic heterocycles. The summed E-state index contributed by atoms with van der Waals surface area (Å²) in [5.74, 6) is -0.565. The van der Waals surface area contributed by atoms with E-state index < -0.39 is 5.92 Å². The third-order valence-electron chi connectivity index (χ3n) is 2.93. The highest BCUT2D eigenvalue weighted by Crippen LogP contribution is 2.43. The first-order chi connectivity index (χ1) is 9.15. The van der Waals surface area contributed by atoms with E-state index in [2.05, 4.69) is 4.98 Å². The molecule has 2 aromatic rings. The summed E-state index contributed by atoms with van der Waals surface area (Å²) in [4.78, 5) is 38.4. The SMILES string of the molecule is O=C(C[C@H]1C(=O)Sc2[nH]c(=O)sc21)c1ccccc1. The molecule has 0 bridgehead atoms. The molecule has 1 N–H and O–H groups in total. The fourth-order valence-electron chi connectivity index (χ4n) is 2.01. The van der Waals surface area contributed by atoms with Crippen LogP contribution in [0, 0.1) is 0 Å². The highest BCUT2D eigenvalue weighted by Gasteiger charge is 2.36. The number of aromatic nitrogens is 1. The maximum absolute atomic E-state index is 12.1. The van der Waals surface area contributed by atoms with Crippen molar-refractivity contribution in [1.29, 1.82) is 0 Å². The summed E-state index contributed by atoms with van der Waals surface area (Å²) in [6.07, 6.45) is 0.122. The smallest absolute Gasteiger partial charge is 0.305 e. The van der Waals surface area contributed by atoms with Crippen LogP contribution in [0.15, 0.2) is 40.2 Å². The van der Waals surface area contributed by atoms with Crippen LogP contribution in [0.5, 0.6) is 0 Å². The lowest BCUT2D eigenvalue weighted by Crippen LogP contribution is -2.10. The third kappa shape index (κ3) is 2.29. The van der Waals surface area contributed by atoms with Crippen molar-refractivity contribution in [2.75, 3.05) is 0 Å². The zero-order valence-electron chi connectivity index (χ0n) is 9.71. The minimum atomic E-state index is -0.489. The van der Waals surface area contributed by atoms with Gasteiger partial charge in [0.05, 0.1) is 15.8 Å². The van der Waals surface area contributed by atoms with Crippen LogP contribution in [0.25, 0.3) is 0 Å². The number of hydrogen-bond donors (Lipinski definition) is 1. The Bertz CT molecular complexity index is 702. The van der Waals surface area contributed by atoms with Gasteiger partial charge < -0.3 is 4.98 Å². The molecule has 2 heterocycles. The lowest BCUT2D eigenvalue weighted by Gasteiger charge is -2.06. The second-order valence-corrected chi connectivity index (χ2v) is 6.20. The van der Waals surface area contributed by atoms with E-state index >= 15 is 0 Å². The van der Waals surface area contributed by atoms with E-state index in [0.29, 0.717) is 15.5 Å². The molecule has 6 heteroatoms.